The van der Waals surface area contributed by atoms with Crippen LogP contribution in [-0.4, -0.2) is 14.1 Å². The van der Waals surface area contributed by atoms with Gasteiger partial charge in [-0.2, -0.15) is 0 Å². The van der Waals surface area contributed by atoms with Gasteiger partial charge in [-0.1, -0.05) is 36.9 Å². The smallest absolute Gasteiger partial charge is 0.200 e. The van der Waals surface area contributed by atoms with E-state index in [4.69, 9.17) is 0 Å². The molecule has 10 heavy (non-hydrogen) atoms. The molecule has 0 bridgehead atoms. The third kappa shape index (κ3) is 4.69. The van der Waals surface area contributed by atoms with Crippen molar-refractivity contribution in [1.82, 2.24) is 0 Å². The van der Waals surface area contributed by atoms with Gasteiger partial charge in [0, 0.05) is 0 Å². The van der Waals surface area contributed by atoms with Crippen molar-refractivity contribution >= 4 is 14.1 Å². The van der Waals surface area contributed by atoms with E-state index in [-0.39, 0.29) is 0 Å². The van der Waals surface area contributed by atoms with Crippen LogP contribution in [0.15, 0.2) is 12.2 Å². The Morgan fingerprint density at radius 2 is 1.90 bits per heavy atom. The molecule has 0 unspecified atom stereocenters. The molecule has 0 nitrogen and oxygen atoms in total. The minimum atomic E-state index is -0.670. The van der Waals surface area contributed by atoms with Crippen LogP contribution < -0.4 is 0 Å². The Labute approximate surface area is 68.7 Å². The first-order valence-electron chi connectivity index (χ1n) is 3.87. The maximum Gasteiger partial charge on any atom is 0.376 e. The van der Waals surface area contributed by atoms with Gasteiger partial charge in [0.2, 0.25) is 0 Å². The first-order chi connectivity index (χ1) is 4.70. The van der Waals surface area contributed by atoms with E-state index in [1.807, 2.05) is 6.92 Å². The van der Waals surface area contributed by atoms with Gasteiger partial charge in [0.05, 0.1) is 0 Å². The van der Waals surface area contributed by atoms with Gasteiger partial charge in [0.15, 0.2) is 0 Å². The molecule has 0 aromatic carbocycles. The van der Waals surface area contributed by atoms with Gasteiger partial charge < -0.3 is 0 Å². The predicted molar refractivity (Wildman–Crippen MR) is 49.3 cm³/mol. The van der Waals surface area contributed by atoms with Crippen molar-refractivity contribution < 1.29 is 0 Å². The van der Waals surface area contributed by atoms with E-state index in [1.165, 1.54) is 10.6 Å². The lowest BCUT2D eigenvalue weighted by Crippen LogP contribution is -2.04. The van der Waals surface area contributed by atoms with Crippen LogP contribution in [0, 0.1) is 10.7 Å². The lowest BCUT2D eigenvalue weighted by molar-refractivity contribution is 1.34. The van der Waals surface area contributed by atoms with Crippen LogP contribution >= 0.6 is 0 Å². The average Bonchev–Trinajstić information content (AvgIpc) is 1.90. The minimum absolute atomic E-state index is 0.670. The van der Waals surface area contributed by atoms with E-state index in [1.54, 1.807) is 0 Å². The van der Waals surface area contributed by atoms with Crippen LogP contribution in [0.25, 0.3) is 0 Å². The van der Waals surface area contributed by atoms with Crippen molar-refractivity contribution in [3.05, 3.63) is 12.2 Å². The highest BCUT2D eigenvalue weighted by molar-refractivity contribution is 6.67. The third-order valence-electron chi connectivity index (χ3n) is 1.48. The molecule has 0 aliphatic carbocycles. The van der Waals surface area contributed by atoms with E-state index in [0.29, 0.717) is 0 Å². The highest BCUT2D eigenvalue weighted by Gasteiger charge is 2.06. The van der Waals surface area contributed by atoms with Crippen molar-refractivity contribution in [3.63, 3.8) is 0 Å². The normalized spacial score (nSPS) is 7.90. The van der Waals surface area contributed by atoms with E-state index >= 15 is 0 Å². The van der Waals surface area contributed by atoms with Crippen molar-refractivity contribution in [2.45, 2.75) is 31.3 Å². The molecule has 0 aromatic rings. The molecule has 0 saturated carbocycles. The van der Waals surface area contributed by atoms with Gasteiger partial charge in [-0.15, -0.1) is 0 Å². The summed E-state index contributed by atoms with van der Waals surface area (Å²) < 4.78 is 0. The Kier molecular flexibility index (Phi) is 5.51. The first-order valence-corrected chi connectivity index (χ1v) is 6.08. The Hall–Kier alpha value is -0.168. The molecule has 0 heterocycles. The highest BCUT2D eigenvalue weighted by atomic mass is 27.2. The Morgan fingerprint density at radius 3 is 2.20 bits per heavy atom. The van der Waals surface area contributed by atoms with E-state index < -0.39 is 14.1 Å². The fraction of sp³-hybridized carbons (Fsp3) is 0.556. The number of hydrogen-bond acceptors (Lipinski definition) is 0. The fourth-order valence-corrected chi connectivity index (χ4v) is 2.15. The lowest BCUT2D eigenvalue weighted by atomic mass is 10.4. The molecule has 0 radical (unpaired) electrons. The summed E-state index contributed by atoms with van der Waals surface area (Å²) in [5, 5.41) is 2.58. The van der Waals surface area contributed by atoms with Crippen LogP contribution in [0.3, 0.4) is 0 Å². The molecule has 1 heteroatoms. The monoisotopic (exact) mass is 150 g/mol. The van der Waals surface area contributed by atoms with E-state index in [9.17, 15) is 0 Å². The van der Waals surface area contributed by atoms with Crippen LogP contribution in [0.4, 0.5) is 0 Å². The predicted octanol–water partition coefficient (Wildman–Crippen LogP) is 2.64. The molecule has 0 N–H and O–H groups in total. The number of allylic oxidation sites excluding steroid dienone is 1. The maximum atomic E-state index is 3.74. The topological polar surface area (TPSA) is 0 Å². The highest BCUT2D eigenvalue weighted by Crippen LogP contribution is 1.95. The van der Waals surface area contributed by atoms with E-state index in [2.05, 4.69) is 31.1 Å². The van der Waals surface area contributed by atoms with Crippen molar-refractivity contribution in [3.8, 4) is 10.7 Å². The van der Waals surface area contributed by atoms with Crippen LogP contribution in [0.1, 0.15) is 20.8 Å². The molecule has 0 atom stereocenters. The quantitative estimate of drug-likeness (QED) is 0.419. The van der Waals surface area contributed by atoms with Gasteiger partial charge in [-0.05, 0) is 12.5 Å². The summed E-state index contributed by atoms with van der Waals surface area (Å²) in [4.78, 5) is 3.31. The summed E-state index contributed by atoms with van der Waals surface area (Å²) in [7, 11) is 0. The zero-order valence-corrected chi connectivity index (χ0v) is 8.35. The summed E-state index contributed by atoms with van der Waals surface area (Å²) in [6, 6.07) is 0. The summed E-state index contributed by atoms with van der Waals surface area (Å²) in [5.74, 6) is 3.06. The van der Waals surface area contributed by atoms with Gasteiger partial charge in [-0.25, -0.2) is 4.78 Å². The van der Waals surface area contributed by atoms with Gasteiger partial charge in [-0.3, -0.25) is 0 Å². The van der Waals surface area contributed by atoms with Gasteiger partial charge >= 0.3 is 14.1 Å². The third-order valence-corrected chi connectivity index (χ3v) is 4.00. The molecule has 0 aliphatic heterocycles. The summed E-state index contributed by atoms with van der Waals surface area (Å²) in [5.41, 5.74) is 0.999. The first kappa shape index (κ1) is 9.83. The summed E-state index contributed by atoms with van der Waals surface area (Å²) in [6.07, 6.45) is 0. The molecular weight excluding hydrogens is 135 g/mol. The molecule has 0 aromatic heterocycles. The van der Waals surface area contributed by atoms with E-state index in [0.717, 1.165) is 5.57 Å². The van der Waals surface area contributed by atoms with Crippen molar-refractivity contribution in [2.75, 3.05) is 0 Å². The van der Waals surface area contributed by atoms with Gasteiger partial charge in [0.1, 0.15) is 0 Å². The van der Waals surface area contributed by atoms with Gasteiger partial charge in [0.25, 0.3) is 0 Å². The van der Waals surface area contributed by atoms with Crippen molar-refractivity contribution in [1.29, 1.82) is 0 Å². The molecule has 0 rings (SSSR count). The van der Waals surface area contributed by atoms with Crippen LogP contribution in [0.5, 0.6) is 0 Å². The second-order valence-electron chi connectivity index (χ2n) is 2.56. The molecule has 0 aliphatic rings. The number of hydrogen-bond donors (Lipinski definition) is 0. The minimum Gasteiger partial charge on any atom is -0.200 e. The molecule has 0 fully saturated rings. The SMILES string of the molecule is C=C(C)C#[C][Al]([CH2]C)[CH2]C. The fourth-order valence-electron chi connectivity index (χ4n) is 0.718. The van der Waals surface area contributed by atoms with Crippen LogP contribution in [0.2, 0.25) is 10.6 Å². The molecular formula is C9H15Al. The zero-order chi connectivity index (χ0) is 7.98. The second-order valence-corrected chi connectivity index (χ2v) is 5.88. The molecule has 0 saturated heterocycles. The lowest BCUT2D eigenvalue weighted by Gasteiger charge is -1.92. The Balaban J connectivity index is 3.86. The average molecular weight is 150 g/mol. The molecule has 0 amide bonds. The number of rotatable bonds is 2. The van der Waals surface area contributed by atoms with Crippen molar-refractivity contribution in [2.24, 2.45) is 0 Å². The Morgan fingerprint density at radius 1 is 1.40 bits per heavy atom. The summed E-state index contributed by atoms with van der Waals surface area (Å²) in [6.45, 7) is 10.2. The molecule has 0 spiro atoms. The second kappa shape index (κ2) is 5.60. The summed E-state index contributed by atoms with van der Waals surface area (Å²) >= 11 is -0.670. The maximum absolute atomic E-state index is 3.74. The standard InChI is InChI=1S/C5H5.2C2H5.Al/c1-4-5(2)3;2*1-2;/h2H2,3H3;2*1H2,2H3;. The zero-order valence-electron chi connectivity index (χ0n) is 7.20. The molecule has 54 valence electrons. The van der Waals surface area contributed by atoms with Crippen LogP contribution in [-0.2, 0) is 0 Å². The largest absolute Gasteiger partial charge is 0.376 e. The Bertz CT molecular complexity index is 155.